The molecule has 3 rings (SSSR count). The van der Waals surface area contributed by atoms with Gasteiger partial charge in [-0.05, 0) is 18.6 Å². The molecule has 0 aliphatic carbocycles. The van der Waals surface area contributed by atoms with E-state index >= 15 is 0 Å². The fraction of sp³-hybridized carbons (Fsp3) is 0.500. The molecule has 0 aromatic carbocycles. The lowest BCUT2D eigenvalue weighted by molar-refractivity contribution is 0.717. The maximum absolute atomic E-state index is 5.94. The predicted molar refractivity (Wildman–Crippen MR) is 81.8 cm³/mol. The Morgan fingerprint density at radius 1 is 1.47 bits per heavy atom. The van der Waals surface area contributed by atoms with Crippen molar-refractivity contribution in [2.75, 3.05) is 23.7 Å². The molecule has 0 amide bonds. The van der Waals surface area contributed by atoms with Gasteiger partial charge in [0, 0.05) is 36.8 Å². The lowest BCUT2D eigenvalue weighted by Crippen LogP contribution is -2.38. The Kier molecular flexibility index (Phi) is 3.66. The Labute approximate surface area is 118 Å². The van der Waals surface area contributed by atoms with Crippen molar-refractivity contribution in [3.05, 3.63) is 30.1 Å². The van der Waals surface area contributed by atoms with E-state index in [0.717, 1.165) is 30.2 Å². The van der Waals surface area contributed by atoms with Crippen LogP contribution in [0, 0.1) is 0 Å². The average molecular weight is 276 g/mol. The normalized spacial score (nSPS) is 20.1. The van der Waals surface area contributed by atoms with Gasteiger partial charge in [0.25, 0.3) is 0 Å². The van der Waals surface area contributed by atoms with E-state index in [-0.39, 0.29) is 0 Å². The van der Waals surface area contributed by atoms with E-state index in [9.17, 15) is 0 Å². The van der Waals surface area contributed by atoms with E-state index in [1.807, 2.05) is 24.4 Å². The zero-order valence-corrected chi connectivity index (χ0v) is 12.1. The summed E-state index contributed by atoms with van der Waals surface area (Å²) in [5.74, 6) is 2.25. The molecule has 0 radical (unpaired) electrons. The van der Waals surface area contributed by atoms with Gasteiger partial charge in [-0.1, -0.05) is 13.0 Å². The van der Waals surface area contributed by atoms with Crippen LogP contribution in [-0.2, 0) is 6.54 Å². The molecule has 2 N–H and O–H groups in total. The van der Waals surface area contributed by atoms with E-state index in [4.69, 9.17) is 10.7 Å². The zero-order valence-electron chi connectivity index (χ0n) is 11.2. The van der Waals surface area contributed by atoms with E-state index in [2.05, 4.69) is 28.0 Å². The Morgan fingerprint density at radius 2 is 2.37 bits per heavy atom. The summed E-state index contributed by atoms with van der Waals surface area (Å²) < 4.78 is 2.11. The van der Waals surface area contributed by atoms with Crippen LogP contribution in [0.25, 0.3) is 5.65 Å². The number of pyridine rings is 1. The Balaban J connectivity index is 1.99. The number of rotatable bonds is 3. The highest BCUT2D eigenvalue weighted by Crippen LogP contribution is 2.28. The highest BCUT2D eigenvalue weighted by atomic mass is 32.2. The van der Waals surface area contributed by atoms with Gasteiger partial charge in [-0.2, -0.15) is 11.8 Å². The number of thioether (sulfide) groups is 1. The maximum atomic E-state index is 5.94. The summed E-state index contributed by atoms with van der Waals surface area (Å²) >= 11 is 2.07. The second-order valence-electron chi connectivity index (χ2n) is 4.86. The molecule has 1 fully saturated rings. The molecule has 3 heterocycles. The van der Waals surface area contributed by atoms with Gasteiger partial charge in [0.15, 0.2) is 5.82 Å². The average Bonchev–Trinajstić information content (AvgIpc) is 2.86. The monoisotopic (exact) mass is 276 g/mol. The molecule has 4 nitrogen and oxygen atoms in total. The van der Waals surface area contributed by atoms with Crippen molar-refractivity contribution < 1.29 is 0 Å². The van der Waals surface area contributed by atoms with Gasteiger partial charge in [0.2, 0.25) is 0 Å². The zero-order chi connectivity index (χ0) is 13.2. The first-order valence-corrected chi connectivity index (χ1v) is 7.91. The molecule has 1 atom stereocenters. The first kappa shape index (κ1) is 12.8. The second kappa shape index (κ2) is 5.43. The van der Waals surface area contributed by atoms with Crippen molar-refractivity contribution in [1.82, 2.24) is 9.38 Å². The lowest BCUT2D eigenvalue weighted by Gasteiger charge is -2.32. The van der Waals surface area contributed by atoms with Crippen LogP contribution >= 0.6 is 11.8 Å². The Bertz CT molecular complexity index is 566. The SMILES string of the molecule is CCC1CN(c2nc3ccccn3c2CN)CCS1. The van der Waals surface area contributed by atoms with Gasteiger partial charge in [-0.3, -0.25) is 0 Å². The summed E-state index contributed by atoms with van der Waals surface area (Å²) in [4.78, 5) is 7.18. The van der Waals surface area contributed by atoms with Gasteiger partial charge < -0.3 is 15.0 Å². The van der Waals surface area contributed by atoms with Crippen molar-refractivity contribution in [1.29, 1.82) is 0 Å². The molecule has 0 bridgehead atoms. The predicted octanol–water partition coefficient (Wildman–Crippen LogP) is 2.12. The molecule has 2 aromatic rings. The molecular weight excluding hydrogens is 256 g/mol. The van der Waals surface area contributed by atoms with E-state index in [0.29, 0.717) is 11.8 Å². The van der Waals surface area contributed by atoms with Crippen LogP contribution < -0.4 is 10.6 Å². The molecule has 2 aromatic heterocycles. The summed E-state index contributed by atoms with van der Waals surface area (Å²) in [6.45, 7) is 4.94. The molecule has 5 heteroatoms. The minimum Gasteiger partial charge on any atom is -0.353 e. The van der Waals surface area contributed by atoms with Crippen molar-refractivity contribution >= 4 is 23.2 Å². The fourth-order valence-electron chi connectivity index (χ4n) is 2.64. The van der Waals surface area contributed by atoms with Gasteiger partial charge in [-0.15, -0.1) is 0 Å². The summed E-state index contributed by atoms with van der Waals surface area (Å²) in [5, 5.41) is 0.712. The molecule has 0 spiro atoms. The summed E-state index contributed by atoms with van der Waals surface area (Å²) in [7, 11) is 0. The molecule has 1 saturated heterocycles. The molecule has 19 heavy (non-hydrogen) atoms. The third-order valence-corrected chi connectivity index (χ3v) is 5.07. The number of aromatic nitrogens is 2. The number of nitrogens with two attached hydrogens (primary N) is 1. The minimum atomic E-state index is 0.529. The summed E-state index contributed by atoms with van der Waals surface area (Å²) in [6, 6.07) is 6.09. The van der Waals surface area contributed by atoms with Crippen LogP contribution in [-0.4, -0.2) is 33.5 Å². The van der Waals surface area contributed by atoms with Gasteiger partial charge >= 0.3 is 0 Å². The number of imidazole rings is 1. The van der Waals surface area contributed by atoms with Crippen molar-refractivity contribution in [2.45, 2.75) is 25.1 Å². The van der Waals surface area contributed by atoms with Crippen LogP contribution in [0.2, 0.25) is 0 Å². The van der Waals surface area contributed by atoms with E-state index < -0.39 is 0 Å². The first-order valence-electron chi connectivity index (χ1n) is 6.86. The second-order valence-corrected chi connectivity index (χ2v) is 6.27. The fourth-order valence-corrected chi connectivity index (χ4v) is 3.82. The van der Waals surface area contributed by atoms with Crippen LogP contribution in [0.1, 0.15) is 19.0 Å². The van der Waals surface area contributed by atoms with Crippen LogP contribution in [0.4, 0.5) is 5.82 Å². The molecule has 102 valence electrons. The molecule has 1 unspecified atom stereocenters. The molecule has 1 aliphatic rings. The van der Waals surface area contributed by atoms with E-state index in [1.165, 1.54) is 12.2 Å². The van der Waals surface area contributed by atoms with Crippen LogP contribution in [0.3, 0.4) is 0 Å². The summed E-state index contributed by atoms with van der Waals surface area (Å²) in [5.41, 5.74) is 8.05. The van der Waals surface area contributed by atoms with E-state index in [1.54, 1.807) is 0 Å². The largest absolute Gasteiger partial charge is 0.353 e. The van der Waals surface area contributed by atoms with Gasteiger partial charge in [0.05, 0.1) is 5.69 Å². The van der Waals surface area contributed by atoms with Gasteiger partial charge in [0.1, 0.15) is 5.65 Å². The Hall–Kier alpha value is -1.20. The smallest absolute Gasteiger partial charge is 0.152 e. The highest BCUT2D eigenvalue weighted by molar-refractivity contribution is 8.00. The third-order valence-electron chi connectivity index (χ3n) is 3.69. The van der Waals surface area contributed by atoms with Crippen molar-refractivity contribution in [3.8, 4) is 0 Å². The topological polar surface area (TPSA) is 46.6 Å². The van der Waals surface area contributed by atoms with Gasteiger partial charge in [-0.25, -0.2) is 4.98 Å². The molecule has 0 saturated carbocycles. The third kappa shape index (κ3) is 2.32. The minimum absolute atomic E-state index is 0.529. The number of hydrogen-bond acceptors (Lipinski definition) is 4. The maximum Gasteiger partial charge on any atom is 0.152 e. The first-order chi connectivity index (χ1) is 9.33. The van der Waals surface area contributed by atoms with Crippen LogP contribution in [0.5, 0.6) is 0 Å². The number of fused-ring (bicyclic) bond motifs is 1. The quantitative estimate of drug-likeness (QED) is 0.933. The number of nitrogens with zero attached hydrogens (tertiary/aromatic N) is 3. The highest BCUT2D eigenvalue weighted by Gasteiger charge is 2.23. The number of hydrogen-bond donors (Lipinski definition) is 1. The molecular formula is C14H20N4S. The standard InChI is InChI=1S/C14H20N4S/c1-2-11-10-17(7-8-19-11)14-12(9-15)18-6-4-3-5-13(18)16-14/h3-6,11H,2,7-10,15H2,1H3. The van der Waals surface area contributed by atoms with Crippen molar-refractivity contribution in [2.24, 2.45) is 5.73 Å². The molecule has 1 aliphatic heterocycles. The van der Waals surface area contributed by atoms with Crippen LogP contribution in [0.15, 0.2) is 24.4 Å². The van der Waals surface area contributed by atoms with Crippen molar-refractivity contribution in [3.63, 3.8) is 0 Å². The number of anilines is 1. The lowest BCUT2D eigenvalue weighted by atomic mass is 10.3. The Morgan fingerprint density at radius 3 is 3.16 bits per heavy atom. The summed E-state index contributed by atoms with van der Waals surface area (Å²) in [6.07, 6.45) is 3.26.